The van der Waals surface area contributed by atoms with E-state index in [-0.39, 0.29) is 30.4 Å². The minimum Gasteiger partial charge on any atom is -0.482 e. The van der Waals surface area contributed by atoms with E-state index in [9.17, 15) is 9.59 Å². The van der Waals surface area contributed by atoms with Crippen LogP contribution in [0.25, 0.3) is 0 Å². The van der Waals surface area contributed by atoms with Gasteiger partial charge in [-0.2, -0.15) is 0 Å². The number of nitrogens with one attached hydrogen (secondary N) is 1. The van der Waals surface area contributed by atoms with Gasteiger partial charge >= 0.3 is 0 Å². The molecule has 1 aromatic rings. The molecule has 3 N–H and O–H groups in total. The van der Waals surface area contributed by atoms with Crippen molar-refractivity contribution in [1.82, 2.24) is 0 Å². The van der Waals surface area contributed by atoms with Crippen LogP contribution in [0.4, 0.5) is 11.4 Å². The zero-order valence-electron chi connectivity index (χ0n) is 12.7. The number of nitrogens with zero attached hydrogens (tertiary/aromatic N) is 1. The standard InChI is InChI=1S/C16H21N3O3/c1-19-13-8-12(5-6-14(13)22-9-15(19)20)18-16(21)10-3-2-4-11(17)7-10/h5-6,8,10-11H,2-4,7,9,17H2,1H3,(H,18,21). The van der Waals surface area contributed by atoms with Gasteiger partial charge in [-0.3, -0.25) is 9.59 Å². The number of fused-ring (bicyclic) bond motifs is 1. The number of carbonyl (C=O) groups is 2. The lowest BCUT2D eigenvalue weighted by Gasteiger charge is -2.27. The van der Waals surface area contributed by atoms with Gasteiger partial charge in [0, 0.05) is 24.7 Å². The van der Waals surface area contributed by atoms with E-state index in [1.165, 1.54) is 0 Å². The van der Waals surface area contributed by atoms with Crippen molar-refractivity contribution in [1.29, 1.82) is 0 Å². The first-order valence-electron chi connectivity index (χ1n) is 7.64. The minimum atomic E-state index is -0.103. The van der Waals surface area contributed by atoms with E-state index in [1.807, 2.05) is 0 Å². The van der Waals surface area contributed by atoms with Crippen molar-refractivity contribution in [2.24, 2.45) is 11.7 Å². The molecule has 22 heavy (non-hydrogen) atoms. The Hall–Kier alpha value is -2.08. The molecule has 0 aromatic heterocycles. The van der Waals surface area contributed by atoms with E-state index in [0.717, 1.165) is 25.7 Å². The molecular formula is C16H21N3O3. The third-order valence-corrected chi connectivity index (χ3v) is 4.40. The molecule has 1 fully saturated rings. The number of nitrogens with two attached hydrogens (primary N) is 1. The molecule has 0 saturated heterocycles. The molecule has 1 aliphatic carbocycles. The summed E-state index contributed by atoms with van der Waals surface area (Å²) in [5.41, 5.74) is 7.29. The molecule has 6 heteroatoms. The Morgan fingerprint density at radius 2 is 2.23 bits per heavy atom. The van der Waals surface area contributed by atoms with Gasteiger partial charge in [-0.05, 0) is 37.5 Å². The Labute approximate surface area is 129 Å². The average molecular weight is 303 g/mol. The zero-order chi connectivity index (χ0) is 15.7. The number of hydrogen-bond acceptors (Lipinski definition) is 4. The van der Waals surface area contributed by atoms with Crippen LogP contribution in [-0.2, 0) is 9.59 Å². The van der Waals surface area contributed by atoms with Gasteiger partial charge in [0.1, 0.15) is 5.75 Å². The molecule has 2 unspecified atom stereocenters. The lowest BCUT2D eigenvalue weighted by atomic mass is 9.85. The van der Waals surface area contributed by atoms with Gasteiger partial charge < -0.3 is 20.7 Å². The van der Waals surface area contributed by atoms with Crippen LogP contribution in [0.5, 0.6) is 5.75 Å². The number of amides is 2. The Morgan fingerprint density at radius 3 is 3.00 bits per heavy atom. The highest BCUT2D eigenvalue weighted by molar-refractivity contribution is 5.99. The first kappa shape index (κ1) is 14.8. The van der Waals surface area contributed by atoms with Crippen molar-refractivity contribution < 1.29 is 14.3 Å². The fraction of sp³-hybridized carbons (Fsp3) is 0.500. The second-order valence-corrected chi connectivity index (χ2v) is 6.04. The van der Waals surface area contributed by atoms with Crippen molar-refractivity contribution >= 4 is 23.2 Å². The quantitative estimate of drug-likeness (QED) is 0.867. The Morgan fingerprint density at radius 1 is 1.41 bits per heavy atom. The number of rotatable bonds is 2. The Bertz CT molecular complexity index is 602. The monoisotopic (exact) mass is 303 g/mol. The maximum atomic E-state index is 12.3. The molecule has 1 heterocycles. The molecule has 1 aliphatic heterocycles. The van der Waals surface area contributed by atoms with Crippen LogP contribution in [0.2, 0.25) is 0 Å². The third-order valence-electron chi connectivity index (χ3n) is 4.40. The second kappa shape index (κ2) is 5.96. The predicted molar refractivity (Wildman–Crippen MR) is 83.9 cm³/mol. The van der Waals surface area contributed by atoms with Crippen LogP contribution in [0.15, 0.2) is 18.2 Å². The molecule has 1 saturated carbocycles. The van der Waals surface area contributed by atoms with Crippen LogP contribution in [-0.4, -0.2) is 31.5 Å². The smallest absolute Gasteiger partial charge is 0.264 e. The van der Waals surface area contributed by atoms with Crippen LogP contribution in [0, 0.1) is 5.92 Å². The van der Waals surface area contributed by atoms with Crippen molar-refractivity contribution in [3.63, 3.8) is 0 Å². The van der Waals surface area contributed by atoms with Gasteiger partial charge in [-0.15, -0.1) is 0 Å². The van der Waals surface area contributed by atoms with Crippen molar-refractivity contribution in [3.8, 4) is 5.75 Å². The highest BCUT2D eigenvalue weighted by Gasteiger charge is 2.26. The van der Waals surface area contributed by atoms with Crippen LogP contribution >= 0.6 is 0 Å². The number of ether oxygens (including phenoxy) is 1. The van der Waals surface area contributed by atoms with Crippen LogP contribution in [0.1, 0.15) is 25.7 Å². The van der Waals surface area contributed by atoms with E-state index in [4.69, 9.17) is 10.5 Å². The summed E-state index contributed by atoms with van der Waals surface area (Å²) in [5.74, 6) is 0.519. The number of hydrogen-bond donors (Lipinski definition) is 2. The Kier molecular flexibility index (Phi) is 4.02. The van der Waals surface area contributed by atoms with Gasteiger partial charge in [0.15, 0.2) is 6.61 Å². The summed E-state index contributed by atoms with van der Waals surface area (Å²) >= 11 is 0. The molecule has 118 valence electrons. The van der Waals surface area contributed by atoms with E-state index in [1.54, 1.807) is 30.1 Å². The highest BCUT2D eigenvalue weighted by atomic mass is 16.5. The zero-order valence-corrected chi connectivity index (χ0v) is 12.7. The summed E-state index contributed by atoms with van der Waals surface area (Å²) in [6.07, 6.45) is 3.60. The molecule has 3 rings (SSSR count). The summed E-state index contributed by atoms with van der Waals surface area (Å²) in [7, 11) is 1.70. The molecule has 2 aliphatic rings. The number of carbonyl (C=O) groups excluding carboxylic acids is 2. The fourth-order valence-electron chi connectivity index (χ4n) is 3.06. The first-order chi connectivity index (χ1) is 10.5. The largest absolute Gasteiger partial charge is 0.482 e. The second-order valence-electron chi connectivity index (χ2n) is 6.04. The summed E-state index contributed by atoms with van der Waals surface area (Å²) in [6, 6.07) is 5.46. The summed E-state index contributed by atoms with van der Waals surface area (Å²) in [6.45, 7) is 0.0508. The molecule has 2 atom stereocenters. The van der Waals surface area contributed by atoms with Crippen molar-refractivity contribution in [2.75, 3.05) is 23.9 Å². The molecule has 1 aromatic carbocycles. The predicted octanol–water partition coefficient (Wildman–Crippen LogP) is 1.50. The average Bonchev–Trinajstić information content (AvgIpc) is 2.51. The van der Waals surface area contributed by atoms with Crippen molar-refractivity contribution in [2.45, 2.75) is 31.7 Å². The maximum absolute atomic E-state index is 12.3. The molecule has 6 nitrogen and oxygen atoms in total. The third kappa shape index (κ3) is 2.92. The topological polar surface area (TPSA) is 84.7 Å². The van der Waals surface area contributed by atoms with Gasteiger partial charge in [-0.25, -0.2) is 0 Å². The number of likely N-dealkylation sites (N-methyl/N-ethyl adjacent to an activating group) is 1. The SMILES string of the molecule is CN1C(=O)COc2ccc(NC(=O)C3CCCC(N)C3)cc21. The van der Waals surface area contributed by atoms with Gasteiger partial charge in [0.2, 0.25) is 5.91 Å². The lowest BCUT2D eigenvalue weighted by molar-refractivity contribution is -0.121. The number of benzene rings is 1. The maximum Gasteiger partial charge on any atom is 0.264 e. The van der Waals surface area contributed by atoms with Crippen LogP contribution < -0.4 is 20.7 Å². The molecule has 0 spiro atoms. The van der Waals surface area contributed by atoms with Gasteiger partial charge in [-0.1, -0.05) is 6.42 Å². The summed E-state index contributed by atoms with van der Waals surface area (Å²) in [4.78, 5) is 25.6. The van der Waals surface area contributed by atoms with E-state index < -0.39 is 0 Å². The molecule has 0 radical (unpaired) electrons. The molecular weight excluding hydrogens is 282 g/mol. The highest BCUT2D eigenvalue weighted by Crippen LogP contribution is 2.34. The van der Waals surface area contributed by atoms with Crippen LogP contribution in [0.3, 0.4) is 0 Å². The summed E-state index contributed by atoms with van der Waals surface area (Å²) < 4.78 is 5.38. The van der Waals surface area contributed by atoms with E-state index >= 15 is 0 Å². The molecule has 2 amide bonds. The van der Waals surface area contributed by atoms with E-state index in [2.05, 4.69) is 5.32 Å². The lowest BCUT2D eigenvalue weighted by Crippen LogP contribution is -2.36. The number of anilines is 2. The van der Waals surface area contributed by atoms with Gasteiger partial charge in [0.25, 0.3) is 5.91 Å². The molecule has 0 bridgehead atoms. The summed E-state index contributed by atoms with van der Waals surface area (Å²) in [5, 5.41) is 2.93. The fourth-order valence-corrected chi connectivity index (χ4v) is 3.06. The first-order valence-corrected chi connectivity index (χ1v) is 7.64. The minimum absolute atomic E-state index is 0.000748. The Balaban J connectivity index is 1.73. The van der Waals surface area contributed by atoms with Crippen molar-refractivity contribution in [3.05, 3.63) is 18.2 Å². The van der Waals surface area contributed by atoms with E-state index in [0.29, 0.717) is 17.1 Å². The normalized spacial score (nSPS) is 24.5. The van der Waals surface area contributed by atoms with Gasteiger partial charge in [0.05, 0.1) is 5.69 Å².